The summed E-state index contributed by atoms with van der Waals surface area (Å²) in [6.07, 6.45) is 8.64. The Morgan fingerprint density at radius 1 is 0.977 bits per heavy atom. The van der Waals surface area contributed by atoms with Crippen molar-refractivity contribution in [3.8, 4) is 5.75 Å². The average Bonchev–Trinajstić information content (AvgIpc) is 3.24. The number of aliphatic hydroxyl groups is 1. The molecule has 5 rings (SSSR count). The van der Waals surface area contributed by atoms with Crippen molar-refractivity contribution in [3.63, 3.8) is 0 Å². The van der Waals surface area contributed by atoms with Crippen LogP contribution in [0.15, 0.2) is 48.6 Å². The summed E-state index contributed by atoms with van der Waals surface area (Å²) in [6, 6.07) is 5.79. The Morgan fingerprint density at radius 3 is 2.23 bits per heavy atom. The van der Waals surface area contributed by atoms with Crippen LogP contribution in [0.25, 0.3) is 0 Å². The minimum absolute atomic E-state index is 0.171. The van der Waals surface area contributed by atoms with E-state index in [-0.39, 0.29) is 30.2 Å². The maximum atomic E-state index is 14.8. The van der Waals surface area contributed by atoms with Crippen molar-refractivity contribution in [1.82, 2.24) is 9.80 Å². The molecule has 4 heterocycles. The zero-order valence-electron chi connectivity index (χ0n) is 26.6. The van der Waals surface area contributed by atoms with E-state index in [0.29, 0.717) is 44.0 Å². The van der Waals surface area contributed by atoms with Crippen LogP contribution >= 0.6 is 0 Å². The normalized spacial score (nSPS) is 31.2. The number of aliphatic hydroxyl groups excluding tert-OH is 1. The number of benzene rings is 1. The summed E-state index contributed by atoms with van der Waals surface area (Å²) in [5, 5.41) is 10.6. The number of amides is 3. The summed E-state index contributed by atoms with van der Waals surface area (Å²) in [7, 11) is 0. The first-order valence-corrected chi connectivity index (χ1v) is 15.7. The molecule has 2 saturated heterocycles. The lowest BCUT2D eigenvalue weighted by molar-refractivity contribution is -0.158. The van der Waals surface area contributed by atoms with E-state index < -0.39 is 40.7 Å². The van der Waals surface area contributed by atoms with Gasteiger partial charge in [0.1, 0.15) is 17.4 Å². The Bertz CT molecular complexity index is 1300. The SMILES string of the molecule is CCOc1ccc(N2CC=C[C@]3(CC)O[C@]45C=CCN(C(C)(C)C)C(=O)C4N([C@@H](CO)CC(C)C)C(=O)[C@@H]5[C@@H]3C2=O)cc1. The molecule has 0 radical (unpaired) electrons. The van der Waals surface area contributed by atoms with Crippen LogP contribution in [0, 0.1) is 17.8 Å². The quantitative estimate of drug-likeness (QED) is 0.459. The molecule has 0 bridgehead atoms. The van der Waals surface area contributed by atoms with Crippen LogP contribution in [0.1, 0.15) is 61.3 Å². The molecule has 4 aliphatic heterocycles. The Labute approximate surface area is 255 Å². The van der Waals surface area contributed by atoms with Crippen LogP contribution in [0.5, 0.6) is 5.75 Å². The van der Waals surface area contributed by atoms with E-state index in [2.05, 4.69) is 0 Å². The first kappa shape index (κ1) is 31.3. The largest absolute Gasteiger partial charge is 0.494 e. The van der Waals surface area contributed by atoms with Gasteiger partial charge in [-0.1, -0.05) is 45.1 Å². The lowest BCUT2D eigenvalue weighted by Gasteiger charge is -2.43. The lowest BCUT2D eigenvalue weighted by atomic mass is 9.73. The molecule has 1 aromatic carbocycles. The van der Waals surface area contributed by atoms with E-state index in [0.717, 1.165) is 0 Å². The van der Waals surface area contributed by atoms with Gasteiger partial charge in [-0.3, -0.25) is 14.4 Å². The third-order valence-electron chi connectivity index (χ3n) is 9.49. The summed E-state index contributed by atoms with van der Waals surface area (Å²) in [4.78, 5) is 49.1. The van der Waals surface area contributed by atoms with Gasteiger partial charge < -0.3 is 29.3 Å². The predicted molar refractivity (Wildman–Crippen MR) is 164 cm³/mol. The van der Waals surface area contributed by atoms with Crippen LogP contribution in [0.4, 0.5) is 5.69 Å². The summed E-state index contributed by atoms with van der Waals surface area (Å²) in [6.45, 7) is 14.8. The van der Waals surface area contributed by atoms with E-state index in [9.17, 15) is 19.5 Å². The number of likely N-dealkylation sites (tertiary alicyclic amines) is 1. The molecule has 9 heteroatoms. The van der Waals surface area contributed by atoms with Gasteiger partial charge >= 0.3 is 0 Å². The number of rotatable bonds is 8. The highest BCUT2D eigenvalue weighted by atomic mass is 16.5. The second kappa shape index (κ2) is 11.4. The van der Waals surface area contributed by atoms with Crippen LogP contribution in [0.2, 0.25) is 0 Å². The van der Waals surface area contributed by atoms with E-state index in [1.807, 2.05) is 97.0 Å². The molecule has 3 amide bonds. The fourth-order valence-electron chi connectivity index (χ4n) is 7.64. The van der Waals surface area contributed by atoms with Gasteiger partial charge in [-0.2, -0.15) is 0 Å². The van der Waals surface area contributed by atoms with Crippen molar-refractivity contribution >= 4 is 23.4 Å². The second-order valence-corrected chi connectivity index (χ2v) is 13.6. The molecule has 0 aromatic heterocycles. The van der Waals surface area contributed by atoms with E-state index in [4.69, 9.17) is 9.47 Å². The highest BCUT2D eigenvalue weighted by Crippen LogP contribution is 2.59. The zero-order chi connectivity index (χ0) is 31.3. The van der Waals surface area contributed by atoms with Gasteiger partial charge in [0, 0.05) is 24.3 Å². The number of ether oxygens (including phenoxy) is 2. The molecular formula is C34H47N3O6. The standard InChI is InChI=1S/C34H47N3O6/c1-8-33-16-10-18-35(23-12-14-25(15-13-23)42-9-2)29(39)26(33)27-30(40)37(24(21-38)20-22(3)4)28-31(41)36(32(5,6)7)19-11-17-34(27,28)43-33/h10-17,22,24,26-28,38H,8-9,18-21H2,1-7H3/t24-,26-,27+,28?,33+,34+/m1/s1. The van der Waals surface area contributed by atoms with Gasteiger partial charge in [0.05, 0.1) is 36.7 Å². The first-order chi connectivity index (χ1) is 20.3. The zero-order valence-corrected chi connectivity index (χ0v) is 26.6. The van der Waals surface area contributed by atoms with Crippen molar-refractivity contribution in [1.29, 1.82) is 0 Å². The number of carbonyl (C=O) groups excluding carboxylic acids is 3. The summed E-state index contributed by atoms with van der Waals surface area (Å²) in [5.74, 6) is -1.66. The first-order valence-electron chi connectivity index (χ1n) is 15.7. The van der Waals surface area contributed by atoms with E-state index in [1.165, 1.54) is 0 Å². The van der Waals surface area contributed by atoms with Gasteiger partial charge in [0.2, 0.25) is 17.7 Å². The average molecular weight is 594 g/mol. The smallest absolute Gasteiger partial charge is 0.249 e. The molecule has 1 N–H and O–H groups in total. The molecule has 1 aromatic rings. The minimum atomic E-state index is -1.36. The highest BCUT2D eigenvalue weighted by molar-refractivity contribution is 6.04. The fraction of sp³-hybridized carbons (Fsp3) is 0.618. The Balaban J connectivity index is 1.66. The second-order valence-electron chi connectivity index (χ2n) is 13.6. The molecule has 2 fully saturated rings. The van der Waals surface area contributed by atoms with Crippen LogP contribution in [0.3, 0.4) is 0 Å². The van der Waals surface area contributed by atoms with Crippen molar-refractivity contribution in [2.24, 2.45) is 17.8 Å². The van der Waals surface area contributed by atoms with Crippen LogP contribution in [-0.2, 0) is 19.1 Å². The van der Waals surface area contributed by atoms with Crippen molar-refractivity contribution < 1.29 is 29.0 Å². The number of carbonyl (C=O) groups is 3. The monoisotopic (exact) mass is 593 g/mol. The third kappa shape index (κ3) is 4.98. The van der Waals surface area contributed by atoms with Crippen molar-refractivity contribution in [2.75, 3.05) is 31.2 Å². The molecule has 1 unspecified atom stereocenters. The van der Waals surface area contributed by atoms with Gasteiger partial charge in [0.15, 0.2) is 0 Å². The minimum Gasteiger partial charge on any atom is -0.494 e. The van der Waals surface area contributed by atoms with E-state index in [1.54, 1.807) is 14.7 Å². The number of anilines is 1. The summed E-state index contributed by atoms with van der Waals surface area (Å²) in [5.41, 5.74) is -2.25. The predicted octanol–water partition coefficient (Wildman–Crippen LogP) is 3.95. The number of hydrogen-bond donors (Lipinski definition) is 1. The number of hydrogen-bond acceptors (Lipinski definition) is 6. The van der Waals surface area contributed by atoms with Gasteiger partial charge in [-0.05, 0) is 70.7 Å². The lowest BCUT2D eigenvalue weighted by Crippen LogP contribution is -2.61. The topological polar surface area (TPSA) is 99.6 Å². The van der Waals surface area contributed by atoms with Crippen molar-refractivity contribution in [3.05, 3.63) is 48.6 Å². The molecule has 0 aliphatic carbocycles. The van der Waals surface area contributed by atoms with E-state index >= 15 is 0 Å². The number of nitrogens with zero attached hydrogens (tertiary/aromatic N) is 3. The molecule has 0 saturated carbocycles. The molecule has 43 heavy (non-hydrogen) atoms. The molecule has 9 nitrogen and oxygen atoms in total. The van der Waals surface area contributed by atoms with Gasteiger partial charge in [-0.15, -0.1) is 0 Å². The summed E-state index contributed by atoms with van der Waals surface area (Å²) < 4.78 is 12.7. The summed E-state index contributed by atoms with van der Waals surface area (Å²) >= 11 is 0. The Kier molecular flexibility index (Phi) is 8.28. The number of fused-ring (bicyclic) bond motifs is 2. The molecular weight excluding hydrogens is 546 g/mol. The molecule has 6 atom stereocenters. The highest BCUT2D eigenvalue weighted by Gasteiger charge is 2.76. The fourth-order valence-corrected chi connectivity index (χ4v) is 7.64. The Morgan fingerprint density at radius 2 is 1.65 bits per heavy atom. The third-order valence-corrected chi connectivity index (χ3v) is 9.49. The van der Waals surface area contributed by atoms with Crippen LogP contribution in [-0.4, -0.2) is 87.8 Å². The Hall–Kier alpha value is -3.17. The van der Waals surface area contributed by atoms with Crippen LogP contribution < -0.4 is 9.64 Å². The maximum Gasteiger partial charge on any atom is 0.249 e. The van der Waals surface area contributed by atoms with Crippen molar-refractivity contribution in [2.45, 2.75) is 90.1 Å². The van der Waals surface area contributed by atoms with Gasteiger partial charge in [0.25, 0.3) is 0 Å². The molecule has 4 aliphatic rings. The maximum absolute atomic E-state index is 14.8. The molecule has 234 valence electrons. The molecule has 1 spiro atoms. The van der Waals surface area contributed by atoms with Gasteiger partial charge in [-0.25, -0.2) is 0 Å².